The number of rotatable bonds is 2. The second-order valence-corrected chi connectivity index (χ2v) is 4.36. The van der Waals surface area contributed by atoms with Crippen molar-refractivity contribution in [2.45, 2.75) is 25.3 Å². The number of esters is 1. The van der Waals surface area contributed by atoms with Crippen molar-refractivity contribution in [2.24, 2.45) is 0 Å². The predicted octanol–water partition coefficient (Wildman–Crippen LogP) is 2.22. The van der Waals surface area contributed by atoms with Crippen LogP contribution in [-0.2, 0) is 9.53 Å². The van der Waals surface area contributed by atoms with Crippen molar-refractivity contribution in [3.63, 3.8) is 0 Å². The molecule has 3 nitrogen and oxygen atoms in total. The van der Waals surface area contributed by atoms with E-state index >= 15 is 0 Å². The summed E-state index contributed by atoms with van der Waals surface area (Å²) in [5, 5.41) is 0. The first-order chi connectivity index (χ1) is 7.68. The van der Waals surface area contributed by atoms with Crippen LogP contribution in [0, 0.1) is 0 Å². The summed E-state index contributed by atoms with van der Waals surface area (Å²) in [4.78, 5) is 14.0. The monoisotopic (exact) mass is 219 g/mol. The van der Waals surface area contributed by atoms with Crippen LogP contribution in [-0.4, -0.2) is 25.2 Å². The van der Waals surface area contributed by atoms with Gasteiger partial charge in [-0.15, -0.1) is 0 Å². The quantitative estimate of drug-likeness (QED) is 0.714. The normalized spacial score (nSPS) is 24.5. The fraction of sp³-hybridized carbons (Fsp3) is 0.462. The number of hydrogen-bond acceptors (Lipinski definition) is 3. The summed E-state index contributed by atoms with van der Waals surface area (Å²) >= 11 is 0. The molecule has 1 aliphatic heterocycles. The number of carbonyl (C=O) groups is 1. The molecule has 1 aromatic rings. The molecule has 1 saturated heterocycles. The highest BCUT2D eigenvalue weighted by atomic mass is 16.5. The Bertz CT molecular complexity index is 377. The molecule has 86 valence electrons. The topological polar surface area (TPSA) is 29.5 Å². The molecule has 0 amide bonds. The van der Waals surface area contributed by atoms with Gasteiger partial charge in [0.2, 0.25) is 0 Å². The number of benzene rings is 1. The Hall–Kier alpha value is -1.51. The highest BCUT2D eigenvalue weighted by Gasteiger charge is 2.44. The molecular formula is C13H17NO2. The van der Waals surface area contributed by atoms with E-state index in [1.54, 1.807) is 0 Å². The summed E-state index contributed by atoms with van der Waals surface area (Å²) in [6, 6.07) is 10.0. The van der Waals surface area contributed by atoms with Crippen molar-refractivity contribution >= 4 is 11.7 Å². The molecule has 0 radical (unpaired) electrons. The van der Waals surface area contributed by atoms with Crippen molar-refractivity contribution in [3.05, 3.63) is 30.3 Å². The fourth-order valence-electron chi connectivity index (χ4n) is 2.42. The van der Waals surface area contributed by atoms with Gasteiger partial charge in [0.05, 0.1) is 7.11 Å². The minimum absolute atomic E-state index is 0.145. The molecule has 1 aromatic carbocycles. The SMILES string of the molecule is COC(=O)[C@@]1(C)CCCN1c1ccccc1. The van der Waals surface area contributed by atoms with E-state index in [9.17, 15) is 4.79 Å². The molecule has 0 aliphatic carbocycles. The Balaban J connectivity index is 2.31. The van der Waals surface area contributed by atoms with E-state index in [4.69, 9.17) is 4.74 Å². The third kappa shape index (κ3) is 1.66. The molecule has 16 heavy (non-hydrogen) atoms. The van der Waals surface area contributed by atoms with Crippen LogP contribution in [0.15, 0.2) is 30.3 Å². The molecule has 0 unspecified atom stereocenters. The van der Waals surface area contributed by atoms with Gasteiger partial charge in [0.25, 0.3) is 0 Å². The highest BCUT2D eigenvalue weighted by molar-refractivity contribution is 5.85. The van der Waals surface area contributed by atoms with Crippen molar-refractivity contribution in [1.29, 1.82) is 0 Å². The first-order valence-corrected chi connectivity index (χ1v) is 5.59. The van der Waals surface area contributed by atoms with Crippen LogP contribution < -0.4 is 4.90 Å². The Labute approximate surface area is 96.0 Å². The van der Waals surface area contributed by atoms with Gasteiger partial charge in [-0.05, 0) is 31.9 Å². The third-order valence-corrected chi connectivity index (χ3v) is 3.33. The second-order valence-electron chi connectivity index (χ2n) is 4.36. The van der Waals surface area contributed by atoms with Gasteiger partial charge >= 0.3 is 5.97 Å². The van der Waals surface area contributed by atoms with Gasteiger partial charge in [-0.3, -0.25) is 0 Å². The molecule has 1 fully saturated rings. The van der Waals surface area contributed by atoms with Crippen molar-refractivity contribution in [1.82, 2.24) is 0 Å². The lowest BCUT2D eigenvalue weighted by Gasteiger charge is -2.34. The zero-order valence-electron chi connectivity index (χ0n) is 9.77. The van der Waals surface area contributed by atoms with Crippen LogP contribution >= 0.6 is 0 Å². The zero-order chi connectivity index (χ0) is 11.6. The molecule has 0 aromatic heterocycles. The Kier molecular flexibility index (Phi) is 2.86. The lowest BCUT2D eigenvalue weighted by Crippen LogP contribution is -2.48. The van der Waals surface area contributed by atoms with E-state index in [0.29, 0.717) is 0 Å². The van der Waals surface area contributed by atoms with Gasteiger partial charge < -0.3 is 9.64 Å². The highest BCUT2D eigenvalue weighted by Crippen LogP contribution is 2.34. The van der Waals surface area contributed by atoms with E-state index in [1.807, 2.05) is 37.3 Å². The molecule has 0 saturated carbocycles. The predicted molar refractivity (Wildman–Crippen MR) is 63.4 cm³/mol. The summed E-state index contributed by atoms with van der Waals surface area (Å²) in [5.74, 6) is -0.145. The summed E-state index contributed by atoms with van der Waals surface area (Å²) < 4.78 is 4.91. The van der Waals surface area contributed by atoms with Gasteiger partial charge in [0.15, 0.2) is 0 Å². The van der Waals surface area contributed by atoms with Crippen LogP contribution in [0.2, 0.25) is 0 Å². The van der Waals surface area contributed by atoms with E-state index in [-0.39, 0.29) is 5.97 Å². The molecule has 1 aliphatic rings. The van der Waals surface area contributed by atoms with Gasteiger partial charge in [0, 0.05) is 12.2 Å². The number of para-hydroxylation sites is 1. The first-order valence-electron chi connectivity index (χ1n) is 5.59. The van der Waals surface area contributed by atoms with Crippen LogP contribution in [0.5, 0.6) is 0 Å². The maximum Gasteiger partial charge on any atom is 0.331 e. The molecule has 0 spiro atoms. The van der Waals surface area contributed by atoms with E-state index < -0.39 is 5.54 Å². The summed E-state index contributed by atoms with van der Waals surface area (Å²) in [6.07, 6.45) is 1.88. The van der Waals surface area contributed by atoms with Gasteiger partial charge in [0.1, 0.15) is 5.54 Å². The number of ether oxygens (including phenoxy) is 1. The Morgan fingerprint density at radius 3 is 2.69 bits per heavy atom. The second kappa shape index (κ2) is 4.16. The third-order valence-electron chi connectivity index (χ3n) is 3.33. The van der Waals surface area contributed by atoms with Crippen molar-refractivity contribution in [2.75, 3.05) is 18.6 Å². The zero-order valence-corrected chi connectivity index (χ0v) is 9.77. The number of anilines is 1. The summed E-state index contributed by atoms with van der Waals surface area (Å²) in [6.45, 7) is 2.87. The standard InChI is InChI=1S/C13H17NO2/c1-13(12(15)16-2)9-6-10-14(13)11-7-4-3-5-8-11/h3-5,7-8H,6,9-10H2,1-2H3/t13-/m1/s1. The van der Waals surface area contributed by atoms with Gasteiger partial charge in [-0.25, -0.2) is 4.79 Å². The molecule has 1 heterocycles. The fourth-order valence-corrected chi connectivity index (χ4v) is 2.42. The van der Waals surface area contributed by atoms with Crippen LogP contribution in [0.1, 0.15) is 19.8 Å². The number of methoxy groups -OCH3 is 1. The van der Waals surface area contributed by atoms with Crippen molar-refractivity contribution < 1.29 is 9.53 Å². The summed E-state index contributed by atoms with van der Waals surface area (Å²) in [7, 11) is 1.45. The van der Waals surface area contributed by atoms with E-state index in [1.165, 1.54) is 7.11 Å². The number of nitrogens with zero attached hydrogens (tertiary/aromatic N) is 1. The Morgan fingerprint density at radius 1 is 1.38 bits per heavy atom. The minimum atomic E-state index is -0.504. The molecule has 2 rings (SSSR count). The van der Waals surface area contributed by atoms with Crippen LogP contribution in [0.3, 0.4) is 0 Å². The molecule has 1 atom stereocenters. The molecule has 3 heteroatoms. The van der Waals surface area contributed by atoms with E-state index in [2.05, 4.69) is 4.90 Å². The largest absolute Gasteiger partial charge is 0.467 e. The minimum Gasteiger partial charge on any atom is -0.467 e. The molecule has 0 bridgehead atoms. The molecular weight excluding hydrogens is 202 g/mol. The average molecular weight is 219 g/mol. The summed E-state index contributed by atoms with van der Waals surface area (Å²) in [5.41, 5.74) is 0.587. The maximum absolute atomic E-state index is 11.9. The maximum atomic E-state index is 11.9. The first kappa shape index (κ1) is 11.0. The van der Waals surface area contributed by atoms with E-state index in [0.717, 1.165) is 25.1 Å². The van der Waals surface area contributed by atoms with Crippen LogP contribution in [0.4, 0.5) is 5.69 Å². The smallest absolute Gasteiger partial charge is 0.331 e. The lowest BCUT2D eigenvalue weighted by molar-refractivity contribution is -0.146. The Morgan fingerprint density at radius 2 is 2.06 bits per heavy atom. The average Bonchev–Trinajstić information content (AvgIpc) is 2.72. The number of hydrogen-bond donors (Lipinski definition) is 0. The van der Waals surface area contributed by atoms with Crippen LogP contribution in [0.25, 0.3) is 0 Å². The number of carbonyl (C=O) groups excluding carboxylic acids is 1. The molecule has 0 N–H and O–H groups in total. The lowest BCUT2D eigenvalue weighted by atomic mass is 9.98. The van der Waals surface area contributed by atoms with Gasteiger partial charge in [-0.1, -0.05) is 18.2 Å². The van der Waals surface area contributed by atoms with Gasteiger partial charge in [-0.2, -0.15) is 0 Å². The van der Waals surface area contributed by atoms with Crippen molar-refractivity contribution in [3.8, 4) is 0 Å².